The fourth-order valence-corrected chi connectivity index (χ4v) is 1.64. The summed E-state index contributed by atoms with van der Waals surface area (Å²) in [5.41, 5.74) is 8.47. The predicted octanol–water partition coefficient (Wildman–Crippen LogP) is -0.286. The Balaban J connectivity index is 2.54. The second-order valence-corrected chi connectivity index (χ2v) is 3.76. The zero-order valence-electron chi connectivity index (χ0n) is 9.33. The van der Waals surface area contributed by atoms with E-state index in [0.29, 0.717) is 0 Å². The number of nitrogen functional groups attached to an aromatic ring is 1. The van der Waals surface area contributed by atoms with Crippen LogP contribution < -0.4 is 11.2 Å². The van der Waals surface area contributed by atoms with Crippen molar-refractivity contribution in [1.29, 1.82) is 0 Å². The van der Waals surface area contributed by atoms with Crippen molar-refractivity contribution in [3.05, 3.63) is 36.3 Å². The first-order chi connectivity index (χ1) is 8.09. The van der Waals surface area contributed by atoms with E-state index < -0.39 is 7.12 Å². The van der Waals surface area contributed by atoms with E-state index >= 15 is 0 Å². The summed E-state index contributed by atoms with van der Waals surface area (Å²) in [6, 6.07) is 3.46. The maximum atomic E-state index is 9.17. The minimum Gasteiger partial charge on any atom is -0.423 e. The standard InChI is InChI=1S/C11H12BN3O2/c1-7-5-14-3-2-9(7)8-4-10(12(16)17)11(13)15-6-8/h2-6,16-17H,1H3,(H2,13,15). The smallest absolute Gasteiger partial charge is 0.423 e. The summed E-state index contributed by atoms with van der Waals surface area (Å²) in [6.45, 7) is 1.92. The molecule has 0 saturated heterocycles. The number of aryl methyl sites for hydroxylation is 1. The van der Waals surface area contributed by atoms with E-state index in [1.54, 1.807) is 24.7 Å². The molecule has 0 aromatic carbocycles. The quantitative estimate of drug-likeness (QED) is 0.615. The van der Waals surface area contributed by atoms with E-state index in [0.717, 1.165) is 16.7 Å². The molecule has 5 nitrogen and oxygen atoms in total. The fraction of sp³-hybridized carbons (Fsp3) is 0.0909. The number of rotatable bonds is 2. The lowest BCUT2D eigenvalue weighted by molar-refractivity contribution is 0.426. The second kappa shape index (κ2) is 4.53. The van der Waals surface area contributed by atoms with E-state index in [1.807, 2.05) is 13.0 Å². The van der Waals surface area contributed by atoms with Crippen molar-refractivity contribution in [2.24, 2.45) is 0 Å². The van der Waals surface area contributed by atoms with Crippen LogP contribution in [0.4, 0.5) is 5.82 Å². The molecule has 2 aromatic rings. The molecule has 2 rings (SSSR count). The lowest BCUT2D eigenvalue weighted by atomic mass is 9.79. The van der Waals surface area contributed by atoms with Gasteiger partial charge in [-0.15, -0.1) is 0 Å². The van der Waals surface area contributed by atoms with E-state index in [9.17, 15) is 0 Å². The van der Waals surface area contributed by atoms with Gasteiger partial charge in [0.15, 0.2) is 0 Å². The number of aromatic nitrogens is 2. The van der Waals surface area contributed by atoms with Crippen LogP contribution in [0.1, 0.15) is 5.56 Å². The number of nitrogens with zero attached hydrogens (tertiary/aromatic N) is 2. The molecule has 0 atom stereocenters. The molecule has 0 saturated carbocycles. The van der Waals surface area contributed by atoms with Crippen molar-refractivity contribution in [3.8, 4) is 11.1 Å². The first kappa shape index (κ1) is 11.6. The Morgan fingerprint density at radius 2 is 2.06 bits per heavy atom. The molecule has 0 radical (unpaired) electrons. The van der Waals surface area contributed by atoms with Crippen molar-refractivity contribution in [2.75, 3.05) is 5.73 Å². The third-order valence-electron chi connectivity index (χ3n) is 2.56. The van der Waals surface area contributed by atoms with Crippen LogP contribution in [0.5, 0.6) is 0 Å². The number of anilines is 1. The zero-order chi connectivity index (χ0) is 12.4. The van der Waals surface area contributed by atoms with Crippen LogP contribution in [0.3, 0.4) is 0 Å². The SMILES string of the molecule is Cc1cnccc1-c1cnc(N)c(B(O)O)c1. The third-order valence-corrected chi connectivity index (χ3v) is 2.56. The van der Waals surface area contributed by atoms with Crippen LogP contribution in [-0.2, 0) is 0 Å². The van der Waals surface area contributed by atoms with Gasteiger partial charge in [0.05, 0.1) is 0 Å². The summed E-state index contributed by atoms with van der Waals surface area (Å²) >= 11 is 0. The topological polar surface area (TPSA) is 92.3 Å². The lowest BCUT2D eigenvalue weighted by Gasteiger charge is -2.08. The molecule has 0 aliphatic carbocycles. The Morgan fingerprint density at radius 3 is 2.71 bits per heavy atom. The molecule has 17 heavy (non-hydrogen) atoms. The first-order valence-corrected chi connectivity index (χ1v) is 5.12. The Morgan fingerprint density at radius 1 is 1.29 bits per heavy atom. The van der Waals surface area contributed by atoms with E-state index in [1.165, 1.54) is 0 Å². The summed E-state index contributed by atoms with van der Waals surface area (Å²) in [4.78, 5) is 7.96. The molecule has 0 fully saturated rings. The Hall–Kier alpha value is -1.92. The molecule has 2 heterocycles. The van der Waals surface area contributed by atoms with E-state index in [4.69, 9.17) is 15.8 Å². The summed E-state index contributed by atoms with van der Waals surface area (Å²) in [5.74, 6) is 0.121. The molecule has 0 aliphatic heterocycles. The van der Waals surface area contributed by atoms with Crippen LogP contribution in [0.15, 0.2) is 30.7 Å². The molecule has 0 amide bonds. The van der Waals surface area contributed by atoms with E-state index in [-0.39, 0.29) is 11.3 Å². The lowest BCUT2D eigenvalue weighted by Crippen LogP contribution is -2.33. The predicted molar refractivity (Wildman–Crippen MR) is 66.4 cm³/mol. The third kappa shape index (κ3) is 2.27. The second-order valence-electron chi connectivity index (χ2n) is 3.76. The van der Waals surface area contributed by atoms with Gasteiger partial charge in [0.1, 0.15) is 5.82 Å². The molecule has 0 aliphatic rings. The van der Waals surface area contributed by atoms with Crippen molar-refractivity contribution < 1.29 is 10.0 Å². The van der Waals surface area contributed by atoms with Gasteiger partial charge >= 0.3 is 7.12 Å². The fourth-order valence-electron chi connectivity index (χ4n) is 1.64. The van der Waals surface area contributed by atoms with Crippen molar-refractivity contribution >= 4 is 18.4 Å². The van der Waals surface area contributed by atoms with Crippen molar-refractivity contribution in [3.63, 3.8) is 0 Å². The number of hydrogen-bond acceptors (Lipinski definition) is 5. The number of pyridine rings is 2. The molecular formula is C11H12BN3O2. The zero-order valence-corrected chi connectivity index (χ0v) is 9.33. The number of hydrogen-bond donors (Lipinski definition) is 3. The molecule has 0 unspecified atom stereocenters. The van der Waals surface area contributed by atoms with Crippen LogP contribution in [0.25, 0.3) is 11.1 Å². The molecule has 6 heteroatoms. The normalized spacial score (nSPS) is 10.3. The van der Waals surface area contributed by atoms with Gasteiger partial charge in [-0.1, -0.05) is 0 Å². The first-order valence-electron chi connectivity index (χ1n) is 5.12. The highest BCUT2D eigenvalue weighted by Gasteiger charge is 2.17. The van der Waals surface area contributed by atoms with Gasteiger partial charge in [0, 0.05) is 29.6 Å². The van der Waals surface area contributed by atoms with Crippen molar-refractivity contribution in [1.82, 2.24) is 9.97 Å². The van der Waals surface area contributed by atoms with Gasteiger partial charge in [-0.2, -0.15) is 0 Å². The number of nitrogens with two attached hydrogens (primary N) is 1. The minimum atomic E-state index is -1.62. The van der Waals surface area contributed by atoms with Gasteiger partial charge in [0.2, 0.25) is 0 Å². The Labute approximate surface area is 99.1 Å². The average Bonchev–Trinajstić information content (AvgIpc) is 2.30. The molecule has 0 spiro atoms. The van der Waals surface area contributed by atoms with Crippen LogP contribution in [0, 0.1) is 6.92 Å². The minimum absolute atomic E-state index is 0.121. The Kier molecular flexibility index (Phi) is 3.08. The van der Waals surface area contributed by atoms with Crippen LogP contribution >= 0.6 is 0 Å². The van der Waals surface area contributed by atoms with Gasteiger partial charge < -0.3 is 15.8 Å². The summed E-state index contributed by atoms with van der Waals surface area (Å²) in [6.07, 6.45) is 5.01. The average molecular weight is 229 g/mol. The summed E-state index contributed by atoms with van der Waals surface area (Å²) < 4.78 is 0. The molecule has 0 bridgehead atoms. The van der Waals surface area contributed by atoms with Gasteiger partial charge in [-0.05, 0) is 30.2 Å². The highest BCUT2D eigenvalue weighted by atomic mass is 16.4. The maximum absolute atomic E-state index is 9.17. The van der Waals surface area contributed by atoms with Crippen LogP contribution in [0.2, 0.25) is 0 Å². The van der Waals surface area contributed by atoms with Gasteiger partial charge in [-0.3, -0.25) is 4.98 Å². The largest absolute Gasteiger partial charge is 0.492 e. The molecule has 4 N–H and O–H groups in total. The maximum Gasteiger partial charge on any atom is 0.492 e. The van der Waals surface area contributed by atoms with E-state index in [2.05, 4.69) is 9.97 Å². The monoisotopic (exact) mass is 229 g/mol. The molecule has 2 aromatic heterocycles. The van der Waals surface area contributed by atoms with Crippen LogP contribution in [-0.4, -0.2) is 27.1 Å². The Bertz CT molecular complexity index is 546. The molecular weight excluding hydrogens is 217 g/mol. The summed E-state index contributed by atoms with van der Waals surface area (Å²) in [5, 5.41) is 18.3. The van der Waals surface area contributed by atoms with Crippen molar-refractivity contribution in [2.45, 2.75) is 6.92 Å². The van der Waals surface area contributed by atoms with Gasteiger partial charge in [-0.25, -0.2) is 4.98 Å². The van der Waals surface area contributed by atoms with Gasteiger partial charge in [0.25, 0.3) is 0 Å². The highest BCUT2D eigenvalue weighted by Crippen LogP contribution is 2.21. The summed E-state index contributed by atoms with van der Waals surface area (Å²) in [7, 11) is -1.62. The highest BCUT2D eigenvalue weighted by molar-refractivity contribution is 6.60. The molecule has 86 valence electrons.